The fraction of sp³-hybridized carbons (Fsp3) is 0.533. The summed E-state index contributed by atoms with van der Waals surface area (Å²) in [6.07, 6.45) is 0.928. The largest absolute Gasteiger partial charge is 0.481 e. The Morgan fingerprint density at radius 1 is 1.32 bits per heavy atom. The van der Waals surface area contributed by atoms with E-state index < -0.39 is 5.97 Å². The van der Waals surface area contributed by atoms with Gasteiger partial charge in [-0.15, -0.1) is 0 Å². The van der Waals surface area contributed by atoms with Crippen LogP contribution in [0.5, 0.6) is 0 Å². The van der Waals surface area contributed by atoms with Crippen LogP contribution in [0.15, 0.2) is 30.3 Å². The summed E-state index contributed by atoms with van der Waals surface area (Å²) in [5.74, 6) is -0.714. The van der Waals surface area contributed by atoms with Gasteiger partial charge < -0.3 is 10.0 Å². The average Bonchev–Trinajstić information content (AvgIpc) is 2.40. The molecule has 2 rings (SSSR count). The van der Waals surface area contributed by atoms with Crippen LogP contribution in [0, 0.1) is 0 Å². The summed E-state index contributed by atoms with van der Waals surface area (Å²) in [7, 11) is 2.11. The number of benzene rings is 1. The maximum atomic E-state index is 10.8. The summed E-state index contributed by atoms with van der Waals surface area (Å²) in [4.78, 5) is 15.5. The topological polar surface area (TPSA) is 43.8 Å². The summed E-state index contributed by atoms with van der Waals surface area (Å²) in [5.41, 5.74) is 1.19. The van der Waals surface area contributed by atoms with Crippen molar-refractivity contribution in [1.82, 2.24) is 4.90 Å². The fourth-order valence-electron chi connectivity index (χ4n) is 2.66. The van der Waals surface area contributed by atoms with Crippen LogP contribution in [0.4, 0.5) is 5.69 Å². The molecule has 2 unspecified atom stereocenters. The van der Waals surface area contributed by atoms with E-state index in [9.17, 15) is 4.79 Å². The van der Waals surface area contributed by atoms with Crippen LogP contribution >= 0.6 is 0 Å². The molecule has 19 heavy (non-hydrogen) atoms. The van der Waals surface area contributed by atoms with Crippen molar-refractivity contribution < 1.29 is 9.90 Å². The van der Waals surface area contributed by atoms with E-state index in [1.54, 1.807) is 0 Å². The first-order valence-electron chi connectivity index (χ1n) is 6.81. The number of hydrogen-bond donors (Lipinski definition) is 1. The number of para-hydroxylation sites is 1. The molecule has 0 amide bonds. The van der Waals surface area contributed by atoms with Crippen LogP contribution in [-0.2, 0) is 4.79 Å². The Labute approximate surface area is 114 Å². The third-order valence-electron chi connectivity index (χ3n) is 3.93. The number of rotatable bonds is 4. The highest BCUT2D eigenvalue weighted by atomic mass is 16.4. The molecule has 0 radical (unpaired) electrons. The van der Waals surface area contributed by atoms with Gasteiger partial charge in [-0.05, 0) is 32.5 Å². The summed E-state index contributed by atoms with van der Waals surface area (Å²) in [6, 6.07) is 11.0. The lowest BCUT2D eigenvalue weighted by Crippen LogP contribution is -2.56. The number of likely N-dealkylation sites (N-methyl/N-ethyl adjacent to an activating group) is 1. The highest BCUT2D eigenvalue weighted by Crippen LogP contribution is 2.24. The van der Waals surface area contributed by atoms with Gasteiger partial charge in [-0.3, -0.25) is 9.69 Å². The molecule has 1 aliphatic heterocycles. The van der Waals surface area contributed by atoms with Gasteiger partial charge in [0.05, 0.1) is 0 Å². The van der Waals surface area contributed by atoms with Gasteiger partial charge in [-0.2, -0.15) is 0 Å². The zero-order valence-corrected chi connectivity index (χ0v) is 11.6. The maximum Gasteiger partial charge on any atom is 0.303 e. The fourth-order valence-corrected chi connectivity index (χ4v) is 2.66. The molecule has 4 nitrogen and oxygen atoms in total. The zero-order chi connectivity index (χ0) is 13.8. The van der Waals surface area contributed by atoms with Crippen molar-refractivity contribution in [3.63, 3.8) is 0 Å². The molecule has 1 heterocycles. The molecule has 0 saturated carbocycles. The second-order valence-electron chi connectivity index (χ2n) is 5.36. The first-order chi connectivity index (χ1) is 9.08. The quantitative estimate of drug-likeness (QED) is 0.902. The van der Waals surface area contributed by atoms with Crippen LogP contribution < -0.4 is 4.90 Å². The molecule has 0 spiro atoms. The summed E-state index contributed by atoms with van der Waals surface area (Å²) >= 11 is 0. The van der Waals surface area contributed by atoms with E-state index in [1.165, 1.54) is 5.69 Å². The normalized spacial score (nSPS) is 24.4. The van der Waals surface area contributed by atoms with Crippen molar-refractivity contribution in [2.75, 3.05) is 25.0 Å². The zero-order valence-electron chi connectivity index (χ0n) is 11.6. The Kier molecular flexibility index (Phi) is 4.43. The van der Waals surface area contributed by atoms with E-state index in [1.807, 2.05) is 18.2 Å². The van der Waals surface area contributed by atoms with Crippen molar-refractivity contribution in [2.45, 2.75) is 31.8 Å². The second kappa shape index (κ2) is 6.06. The Morgan fingerprint density at radius 3 is 2.63 bits per heavy atom. The van der Waals surface area contributed by atoms with Gasteiger partial charge in [0.15, 0.2) is 0 Å². The molecule has 2 atom stereocenters. The smallest absolute Gasteiger partial charge is 0.303 e. The van der Waals surface area contributed by atoms with Gasteiger partial charge in [-0.1, -0.05) is 18.2 Å². The van der Waals surface area contributed by atoms with Crippen molar-refractivity contribution in [3.05, 3.63) is 30.3 Å². The van der Waals surface area contributed by atoms with Crippen LogP contribution in [0.3, 0.4) is 0 Å². The molecule has 4 heteroatoms. The Balaban J connectivity index is 2.13. The van der Waals surface area contributed by atoms with Crippen LogP contribution in [0.25, 0.3) is 0 Å². The summed E-state index contributed by atoms with van der Waals surface area (Å²) < 4.78 is 0. The number of hydrogen-bond acceptors (Lipinski definition) is 3. The summed E-state index contributed by atoms with van der Waals surface area (Å²) in [6.45, 7) is 4.08. The molecule has 1 aliphatic rings. The van der Waals surface area contributed by atoms with Gasteiger partial charge in [0, 0.05) is 37.3 Å². The molecule has 1 aromatic carbocycles. The number of anilines is 1. The van der Waals surface area contributed by atoms with Crippen LogP contribution in [-0.4, -0.2) is 48.2 Å². The molecule has 1 N–H and O–H groups in total. The van der Waals surface area contributed by atoms with Gasteiger partial charge in [0.25, 0.3) is 0 Å². The average molecular weight is 262 g/mol. The first kappa shape index (κ1) is 13.9. The third kappa shape index (κ3) is 3.47. The predicted octanol–water partition coefficient (Wildman–Crippen LogP) is 2.06. The van der Waals surface area contributed by atoms with E-state index in [0.29, 0.717) is 12.5 Å². The number of carboxylic acids is 1. The van der Waals surface area contributed by atoms with E-state index in [2.05, 4.69) is 35.9 Å². The van der Waals surface area contributed by atoms with E-state index in [4.69, 9.17) is 5.11 Å². The molecule has 1 saturated heterocycles. The first-order valence-corrected chi connectivity index (χ1v) is 6.81. The van der Waals surface area contributed by atoms with Crippen LogP contribution in [0.2, 0.25) is 0 Å². The molecular weight excluding hydrogens is 240 g/mol. The minimum absolute atomic E-state index is 0.232. The Bertz CT molecular complexity index is 421. The van der Waals surface area contributed by atoms with Crippen molar-refractivity contribution in [3.8, 4) is 0 Å². The van der Waals surface area contributed by atoms with Crippen molar-refractivity contribution in [1.29, 1.82) is 0 Å². The molecule has 1 aromatic rings. The number of piperazine rings is 1. The molecule has 1 fully saturated rings. The van der Waals surface area contributed by atoms with E-state index in [-0.39, 0.29) is 12.5 Å². The Morgan fingerprint density at radius 2 is 2.00 bits per heavy atom. The van der Waals surface area contributed by atoms with Crippen LogP contribution in [0.1, 0.15) is 19.8 Å². The van der Waals surface area contributed by atoms with Crippen molar-refractivity contribution >= 4 is 11.7 Å². The lowest BCUT2D eigenvalue weighted by molar-refractivity contribution is -0.137. The Hall–Kier alpha value is -1.55. The molecule has 0 bridgehead atoms. The predicted molar refractivity (Wildman–Crippen MR) is 76.5 cm³/mol. The third-order valence-corrected chi connectivity index (χ3v) is 3.93. The number of carboxylic acid groups (broad SMARTS) is 1. The highest BCUT2D eigenvalue weighted by molar-refractivity contribution is 5.66. The number of aliphatic carboxylic acids is 1. The van der Waals surface area contributed by atoms with Gasteiger partial charge in [-0.25, -0.2) is 0 Å². The number of carbonyl (C=O) groups is 1. The van der Waals surface area contributed by atoms with Crippen molar-refractivity contribution in [2.24, 2.45) is 0 Å². The van der Waals surface area contributed by atoms with Gasteiger partial charge in [0.2, 0.25) is 0 Å². The summed E-state index contributed by atoms with van der Waals surface area (Å²) in [5, 5.41) is 8.89. The molecule has 0 aromatic heterocycles. The van der Waals surface area contributed by atoms with Gasteiger partial charge in [0.1, 0.15) is 0 Å². The minimum Gasteiger partial charge on any atom is -0.481 e. The van der Waals surface area contributed by atoms with E-state index in [0.717, 1.165) is 13.1 Å². The second-order valence-corrected chi connectivity index (χ2v) is 5.36. The lowest BCUT2D eigenvalue weighted by Gasteiger charge is -2.45. The van der Waals surface area contributed by atoms with Gasteiger partial charge >= 0.3 is 5.97 Å². The maximum absolute atomic E-state index is 10.8. The number of nitrogens with zero attached hydrogens (tertiary/aromatic N) is 2. The molecule has 0 aliphatic carbocycles. The molecule has 104 valence electrons. The lowest BCUT2D eigenvalue weighted by atomic mass is 10.0. The standard InChI is InChI=1S/C15H22N2O2/c1-12-10-17(13-6-4-3-5-7-13)14(11-16(12)2)8-9-15(18)19/h3-7,12,14H,8-11H2,1-2H3,(H,18,19). The molecular formula is C15H22N2O2. The monoisotopic (exact) mass is 262 g/mol. The SMILES string of the molecule is CC1CN(c2ccccc2)C(CCC(=O)O)CN1C. The minimum atomic E-state index is -0.714. The van der Waals surface area contributed by atoms with E-state index >= 15 is 0 Å². The highest BCUT2D eigenvalue weighted by Gasteiger charge is 2.29.